The summed E-state index contributed by atoms with van der Waals surface area (Å²) in [4.78, 5) is 12.5. The van der Waals surface area contributed by atoms with Crippen LogP contribution in [-0.4, -0.2) is 63.7 Å². The highest BCUT2D eigenvalue weighted by molar-refractivity contribution is 7.89. The molecule has 0 bridgehead atoms. The number of nitrogens with zero attached hydrogens (tertiary/aromatic N) is 5. The number of rotatable bonds is 6. The second-order valence-electron chi connectivity index (χ2n) is 6.27. The van der Waals surface area contributed by atoms with Crippen molar-refractivity contribution in [3.8, 4) is 5.69 Å². The molecule has 2 heterocycles. The van der Waals surface area contributed by atoms with Crippen LogP contribution in [0.2, 0.25) is 0 Å². The number of nitrogens with one attached hydrogen (secondary N) is 1. The summed E-state index contributed by atoms with van der Waals surface area (Å²) in [7, 11) is -3.17. The van der Waals surface area contributed by atoms with Crippen molar-refractivity contribution in [3.05, 3.63) is 36.2 Å². The van der Waals surface area contributed by atoms with E-state index in [2.05, 4.69) is 20.8 Å². The fourth-order valence-corrected chi connectivity index (χ4v) is 4.54. The second-order valence-corrected chi connectivity index (χ2v) is 8.36. The van der Waals surface area contributed by atoms with Gasteiger partial charge in [-0.1, -0.05) is 13.0 Å². The normalized spacial score (nSPS) is 16.5. The molecule has 1 aliphatic rings. The van der Waals surface area contributed by atoms with Crippen molar-refractivity contribution in [2.45, 2.75) is 32.2 Å². The third-order valence-corrected chi connectivity index (χ3v) is 6.44. The predicted octanol–water partition coefficient (Wildman–Crippen LogP) is 0.596. The molecule has 26 heavy (non-hydrogen) atoms. The average molecular weight is 378 g/mol. The van der Waals surface area contributed by atoms with E-state index in [4.69, 9.17) is 0 Å². The lowest BCUT2D eigenvalue weighted by Gasteiger charge is -2.31. The fraction of sp³-hybridized carbons (Fsp3) is 0.500. The highest BCUT2D eigenvalue weighted by Gasteiger charge is 2.28. The highest BCUT2D eigenvalue weighted by Crippen LogP contribution is 2.16. The maximum Gasteiger partial charge on any atom is 0.251 e. The molecule has 140 valence electrons. The molecule has 0 aliphatic carbocycles. The molecule has 0 atom stereocenters. The summed E-state index contributed by atoms with van der Waals surface area (Å²) in [6.07, 6.45) is 3.29. The van der Waals surface area contributed by atoms with E-state index in [9.17, 15) is 13.2 Å². The van der Waals surface area contributed by atoms with Crippen molar-refractivity contribution in [2.24, 2.45) is 0 Å². The molecule has 1 aromatic carbocycles. The van der Waals surface area contributed by atoms with Crippen LogP contribution in [0.5, 0.6) is 0 Å². The lowest BCUT2D eigenvalue weighted by molar-refractivity contribution is 0.0924. The van der Waals surface area contributed by atoms with Gasteiger partial charge in [-0.2, -0.15) is 0 Å². The Morgan fingerprint density at radius 2 is 2.08 bits per heavy atom. The Bertz CT molecular complexity index is 845. The van der Waals surface area contributed by atoms with Crippen molar-refractivity contribution >= 4 is 15.9 Å². The first-order valence-electron chi connectivity index (χ1n) is 8.61. The van der Waals surface area contributed by atoms with Crippen LogP contribution >= 0.6 is 0 Å². The Labute approximate surface area is 152 Å². The van der Waals surface area contributed by atoms with E-state index >= 15 is 0 Å². The van der Waals surface area contributed by atoms with Crippen LogP contribution in [0.4, 0.5) is 0 Å². The molecule has 9 nitrogen and oxygen atoms in total. The lowest BCUT2D eigenvalue weighted by atomic mass is 10.1. The first-order chi connectivity index (χ1) is 12.5. The topological polar surface area (TPSA) is 110 Å². The monoisotopic (exact) mass is 378 g/mol. The van der Waals surface area contributed by atoms with Gasteiger partial charge < -0.3 is 5.32 Å². The molecule has 2 aromatic rings. The van der Waals surface area contributed by atoms with Gasteiger partial charge in [0.05, 0.1) is 11.4 Å². The Hall–Kier alpha value is -2.33. The number of hydrogen-bond acceptors (Lipinski definition) is 6. The van der Waals surface area contributed by atoms with Gasteiger partial charge in [-0.15, -0.1) is 5.10 Å². The van der Waals surface area contributed by atoms with E-state index in [1.54, 1.807) is 18.2 Å². The predicted molar refractivity (Wildman–Crippen MR) is 95.3 cm³/mol. The molecular formula is C16H22N6O3S. The quantitative estimate of drug-likeness (QED) is 0.788. The first-order valence-corrected chi connectivity index (χ1v) is 10.2. The number of carbonyl (C=O) groups excluding carboxylic acids is 1. The molecule has 1 aromatic heterocycles. The van der Waals surface area contributed by atoms with Gasteiger partial charge in [-0.3, -0.25) is 4.79 Å². The summed E-state index contributed by atoms with van der Waals surface area (Å²) in [6, 6.07) is 6.99. The number of sulfonamides is 1. The van der Waals surface area contributed by atoms with Crippen molar-refractivity contribution in [1.82, 2.24) is 29.8 Å². The van der Waals surface area contributed by atoms with Crippen LogP contribution in [0.3, 0.4) is 0 Å². The van der Waals surface area contributed by atoms with Crippen molar-refractivity contribution in [1.29, 1.82) is 0 Å². The zero-order valence-corrected chi connectivity index (χ0v) is 15.4. The molecule has 1 aliphatic heterocycles. The van der Waals surface area contributed by atoms with Gasteiger partial charge in [-0.25, -0.2) is 17.4 Å². The SMILES string of the molecule is CCCS(=O)(=O)N1CCC(NC(=O)c2cccc(-n3cnnn3)c2)CC1. The number of piperidine rings is 1. The van der Waals surface area contributed by atoms with E-state index in [0.29, 0.717) is 43.6 Å². The summed E-state index contributed by atoms with van der Waals surface area (Å²) in [5.41, 5.74) is 1.21. The number of carbonyl (C=O) groups is 1. The van der Waals surface area contributed by atoms with Crippen LogP contribution in [0.25, 0.3) is 5.69 Å². The van der Waals surface area contributed by atoms with Gasteiger partial charge in [-0.05, 0) is 47.9 Å². The molecule has 1 N–H and O–H groups in total. The summed E-state index contributed by atoms with van der Waals surface area (Å²) >= 11 is 0. The van der Waals surface area contributed by atoms with Gasteiger partial charge in [0, 0.05) is 24.7 Å². The van der Waals surface area contributed by atoms with Crippen molar-refractivity contribution in [2.75, 3.05) is 18.8 Å². The first kappa shape index (κ1) is 18.5. The minimum atomic E-state index is -3.17. The summed E-state index contributed by atoms with van der Waals surface area (Å²) in [5.74, 6) is -0.0108. The summed E-state index contributed by atoms with van der Waals surface area (Å²) in [5, 5.41) is 14.0. The molecule has 0 saturated carbocycles. The molecule has 0 spiro atoms. The van der Waals surface area contributed by atoms with Crippen LogP contribution in [0.1, 0.15) is 36.5 Å². The maximum absolute atomic E-state index is 12.5. The van der Waals surface area contributed by atoms with Crippen LogP contribution < -0.4 is 5.32 Å². The van der Waals surface area contributed by atoms with Crippen LogP contribution in [0.15, 0.2) is 30.6 Å². The standard InChI is InChI=1S/C16H22N6O3S/c1-2-10-26(24,25)21-8-6-14(7-9-21)18-16(23)13-4-3-5-15(11-13)22-12-17-19-20-22/h3-5,11-12,14H,2,6-10H2,1H3,(H,18,23). The van der Waals surface area contributed by atoms with E-state index in [1.807, 2.05) is 13.0 Å². The van der Waals surface area contributed by atoms with Crippen LogP contribution in [0, 0.1) is 0 Å². The Kier molecular flexibility index (Phi) is 5.62. The highest BCUT2D eigenvalue weighted by atomic mass is 32.2. The van der Waals surface area contributed by atoms with Gasteiger partial charge in [0.1, 0.15) is 6.33 Å². The van der Waals surface area contributed by atoms with Gasteiger partial charge in [0.15, 0.2) is 0 Å². The number of aromatic nitrogens is 4. The van der Waals surface area contributed by atoms with Gasteiger partial charge >= 0.3 is 0 Å². The number of amides is 1. The Balaban J connectivity index is 1.59. The van der Waals surface area contributed by atoms with E-state index in [1.165, 1.54) is 15.3 Å². The average Bonchev–Trinajstić information content (AvgIpc) is 3.17. The molecule has 1 fully saturated rings. The summed E-state index contributed by atoms with van der Waals surface area (Å²) < 4.78 is 27.2. The van der Waals surface area contributed by atoms with Crippen LogP contribution in [-0.2, 0) is 10.0 Å². The Morgan fingerprint density at radius 1 is 1.31 bits per heavy atom. The van der Waals surface area contributed by atoms with E-state index in [0.717, 1.165) is 0 Å². The fourth-order valence-electron chi connectivity index (χ4n) is 3.00. The molecular weight excluding hydrogens is 356 g/mol. The largest absolute Gasteiger partial charge is 0.349 e. The van der Waals surface area contributed by atoms with Crippen molar-refractivity contribution in [3.63, 3.8) is 0 Å². The smallest absolute Gasteiger partial charge is 0.251 e. The minimum absolute atomic E-state index is 0.0349. The number of tetrazole rings is 1. The zero-order chi connectivity index (χ0) is 18.6. The molecule has 0 unspecified atom stereocenters. The number of hydrogen-bond donors (Lipinski definition) is 1. The molecule has 10 heteroatoms. The molecule has 1 amide bonds. The van der Waals surface area contributed by atoms with Gasteiger partial charge in [0.25, 0.3) is 5.91 Å². The minimum Gasteiger partial charge on any atom is -0.349 e. The lowest BCUT2D eigenvalue weighted by Crippen LogP contribution is -2.47. The third-order valence-electron chi connectivity index (χ3n) is 4.37. The second kappa shape index (κ2) is 7.92. The molecule has 0 radical (unpaired) electrons. The van der Waals surface area contributed by atoms with E-state index < -0.39 is 10.0 Å². The summed E-state index contributed by atoms with van der Waals surface area (Å²) in [6.45, 7) is 2.74. The maximum atomic E-state index is 12.5. The third kappa shape index (κ3) is 4.25. The Morgan fingerprint density at radius 3 is 2.73 bits per heavy atom. The van der Waals surface area contributed by atoms with E-state index in [-0.39, 0.29) is 17.7 Å². The van der Waals surface area contributed by atoms with Gasteiger partial charge in [0.2, 0.25) is 10.0 Å². The molecule has 3 rings (SSSR count). The van der Waals surface area contributed by atoms with Crippen molar-refractivity contribution < 1.29 is 13.2 Å². The molecule has 1 saturated heterocycles. The zero-order valence-electron chi connectivity index (χ0n) is 14.6. The number of benzene rings is 1.